The first-order valence-corrected chi connectivity index (χ1v) is 5.48. The molecule has 0 bridgehead atoms. The van der Waals surface area contributed by atoms with Crippen molar-refractivity contribution >= 4 is 5.69 Å². The molecule has 1 aliphatic rings. The first-order chi connectivity index (χ1) is 7.22. The molecule has 1 radical (unpaired) electrons. The van der Waals surface area contributed by atoms with Crippen molar-refractivity contribution in [3.05, 3.63) is 35.2 Å². The van der Waals surface area contributed by atoms with Crippen molar-refractivity contribution < 1.29 is 5.11 Å². The van der Waals surface area contributed by atoms with Gasteiger partial charge in [-0.15, -0.1) is 0 Å². The number of fused-ring (bicyclic) bond motifs is 1. The van der Waals surface area contributed by atoms with Crippen LogP contribution < -0.4 is 4.90 Å². The maximum atomic E-state index is 9.25. The molecule has 0 amide bonds. The van der Waals surface area contributed by atoms with E-state index in [9.17, 15) is 5.11 Å². The molecule has 0 spiro atoms. The molecule has 2 heteroatoms. The molecule has 2 rings (SSSR count). The molecule has 2 nitrogen and oxygen atoms in total. The Bertz CT molecular complexity index is 346. The van der Waals surface area contributed by atoms with Crippen molar-refractivity contribution in [1.82, 2.24) is 0 Å². The fourth-order valence-electron chi connectivity index (χ4n) is 2.27. The maximum Gasteiger partial charge on any atom is 0.0685 e. The van der Waals surface area contributed by atoms with Crippen LogP contribution in [-0.2, 0) is 13.0 Å². The summed E-state index contributed by atoms with van der Waals surface area (Å²) in [6.07, 6.45) is 1.07. The Hall–Kier alpha value is -1.02. The molecular weight excluding hydrogens is 186 g/mol. The predicted molar refractivity (Wildman–Crippen MR) is 62.9 cm³/mol. The quantitative estimate of drug-likeness (QED) is 0.815. The monoisotopic (exact) mass is 204 g/mol. The summed E-state index contributed by atoms with van der Waals surface area (Å²) in [4.78, 5) is 2.39. The van der Waals surface area contributed by atoms with E-state index < -0.39 is 0 Å². The van der Waals surface area contributed by atoms with E-state index >= 15 is 0 Å². The van der Waals surface area contributed by atoms with Gasteiger partial charge in [0.25, 0.3) is 0 Å². The number of aliphatic hydroxyl groups is 1. The van der Waals surface area contributed by atoms with Crippen LogP contribution in [0.3, 0.4) is 0 Å². The van der Waals surface area contributed by atoms with E-state index in [2.05, 4.69) is 24.8 Å². The molecule has 1 heterocycles. The third-order valence-electron chi connectivity index (χ3n) is 2.90. The summed E-state index contributed by atoms with van der Waals surface area (Å²) >= 11 is 0. The molecule has 0 atom stereocenters. The summed E-state index contributed by atoms with van der Waals surface area (Å²) in [6.45, 7) is 6.59. The largest absolute Gasteiger partial charge is 0.392 e. The van der Waals surface area contributed by atoms with Gasteiger partial charge in [0, 0.05) is 18.8 Å². The summed E-state index contributed by atoms with van der Waals surface area (Å²) < 4.78 is 0. The first-order valence-electron chi connectivity index (χ1n) is 5.48. The zero-order chi connectivity index (χ0) is 10.8. The van der Waals surface area contributed by atoms with E-state index in [1.807, 2.05) is 12.1 Å². The van der Waals surface area contributed by atoms with Crippen LogP contribution in [0.2, 0.25) is 0 Å². The standard InChI is InChI=1S/C13H18NO/c1-10(2)8-14-7-6-12-11(9-15)4-3-5-13(12)14/h3-5,15H,6-9H2,1-2H3. The highest BCUT2D eigenvalue weighted by molar-refractivity contribution is 5.61. The lowest BCUT2D eigenvalue weighted by molar-refractivity contribution is 0.281. The number of hydrogen-bond donors (Lipinski definition) is 1. The van der Waals surface area contributed by atoms with Gasteiger partial charge in [-0.3, -0.25) is 0 Å². The minimum Gasteiger partial charge on any atom is -0.392 e. The average molecular weight is 204 g/mol. The van der Waals surface area contributed by atoms with Gasteiger partial charge in [-0.05, 0) is 29.5 Å². The van der Waals surface area contributed by atoms with Crippen molar-refractivity contribution in [3.8, 4) is 0 Å². The van der Waals surface area contributed by atoms with Gasteiger partial charge in [0.15, 0.2) is 0 Å². The van der Waals surface area contributed by atoms with Crippen LogP contribution in [0.15, 0.2) is 18.2 Å². The van der Waals surface area contributed by atoms with Crippen LogP contribution in [0.5, 0.6) is 0 Å². The normalized spacial score (nSPS) is 14.8. The fraction of sp³-hybridized carbons (Fsp3) is 0.462. The number of benzene rings is 1. The van der Waals surface area contributed by atoms with Crippen LogP contribution in [0.25, 0.3) is 0 Å². The molecule has 0 aromatic heterocycles. The van der Waals surface area contributed by atoms with Gasteiger partial charge >= 0.3 is 0 Å². The van der Waals surface area contributed by atoms with Crippen molar-refractivity contribution in [1.29, 1.82) is 0 Å². The Morgan fingerprint density at radius 3 is 2.87 bits per heavy atom. The Labute approximate surface area is 91.5 Å². The predicted octanol–water partition coefficient (Wildman–Crippen LogP) is 2.16. The molecule has 15 heavy (non-hydrogen) atoms. The highest BCUT2D eigenvalue weighted by Crippen LogP contribution is 2.31. The molecule has 0 aliphatic carbocycles. The molecule has 1 aromatic carbocycles. The third kappa shape index (κ3) is 2.00. The molecule has 81 valence electrons. The lowest BCUT2D eigenvalue weighted by Crippen LogP contribution is -2.24. The smallest absolute Gasteiger partial charge is 0.0685 e. The van der Waals surface area contributed by atoms with Crippen LogP contribution in [0.1, 0.15) is 25.0 Å². The van der Waals surface area contributed by atoms with Crippen molar-refractivity contribution in [2.75, 3.05) is 18.0 Å². The lowest BCUT2D eigenvalue weighted by atomic mass is 10.1. The van der Waals surface area contributed by atoms with Crippen LogP contribution in [-0.4, -0.2) is 18.2 Å². The minimum absolute atomic E-state index is 0.159. The first kappa shape index (κ1) is 10.5. The van der Waals surface area contributed by atoms with E-state index in [4.69, 9.17) is 0 Å². The minimum atomic E-state index is 0.159. The summed E-state index contributed by atoms with van der Waals surface area (Å²) in [7, 11) is 0. The van der Waals surface area contributed by atoms with E-state index in [0.717, 1.165) is 25.1 Å². The maximum absolute atomic E-state index is 9.25. The van der Waals surface area contributed by atoms with Gasteiger partial charge in [-0.25, -0.2) is 0 Å². The average Bonchev–Trinajstić information content (AvgIpc) is 2.61. The van der Waals surface area contributed by atoms with Gasteiger partial charge in [0.2, 0.25) is 0 Å². The number of hydrogen-bond acceptors (Lipinski definition) is 2. The Morgan fingerprint density at radius 1 is 1.40 bits per heavy atom. The molecule has 0 fully saturated rings. The molecular formula is C13H18NO. The lowest BCUT2D eigenvalue weighted by Gasteiger charge is -2.21. The molecule has 1 N–H and O–H groups in total. The van der Waals surface area contributed by atoms with Gasteiger partial charge in [-0.1, -0.05) is 26.0 Å². The van der Waals surface area contributed by atoms with Crippen molar-refractivity contribution in [2.24, 2.45) is 0 Å². The van der Waals surface area contributed by atoms with Gasteiger partial charge < -0.3 is 10.0 Å². The van der Waals surface area contributed by atoms with E-state index in [-0.39, 0.29) is 6.61 Å². The van der Waals surface area contributed by atoms with E-state index in [1.54, 1.807) is 0 Å². The molecule has 0 saturated heterocycles. The molecule has 1 aromatic rings. The SMILES string of the molecule is C[C](C)CN1CCc2c(CO)cccc21. The second kappa shape index (κ2) is 4.23. The highest BCUT2D eigenvalue weighted by Gasteiger charge is 2.21. The topological polar surface area (TPSA) is 23.5 Å². The number of aliphatic hydroxyl groups excluding tert-OH is 1. The van der Waals surface area contributed by atoms with Crippen molar-refractivity contribution in [3.63, 3.8) is 0 Å². The molecule has 1 aliphatic heterocycles. The van der Waals surface area contributed by atoms with Gasteiger partial charge in [0.1, 0.15) is 0 Å². The third-order valence-corrected chi connectivity index (χ3v) is 2.90. The summed E-state index contributed by atoms with van der Waals surface area (Å²) in [5.74, 6) is 1.43. The second-order valence-electron chi connectivity index (χ2n) is 4.45. The van der Waals surface area contributed by atoms with E-state index in [1.165, 1.54) is 17.2 Å². The zero-order valence-corrected chi connectivity index (χ0v) is 9.45. The fourth-order valence-corrected chi connectivity index (χ4v) is 2.27. The summed E-state index contributed by atoms with van der Waals surface area (Å²) in [5.41, 5.74) is 3.73. The van der Waals surface area contributed by atoms with Gasteiger partial charge in [0.05, 0.1) is 6.61 Å². The molecule has 0 saturated carbocycles. The number of rotatable bonds is 3. The number of nitrogens with zero attached hydrogens (tertiary/aromatic N) is 1. The Balaban J connectivity index is 2.27. The van der Waals surface area contributed by atoms with Crippen LogP contribution in [0, 0.1) is 5.92 Å². The van der Waals surface area contributed by atoms with Crippen LogP contribution >= 0.6 is 0 Å². The Morgan fingerprint density at radius 2 is 2.20 bits per heavy atom. The van der Waals surface area contributed by atoms with Crippen molar-refractivity contribution in [2.45, 2.75) is 26.9 Å². The summed E-state index contributed by atoms with van der Waals surface area (Å²) in [5, 5.41) is 9.25. The zero-order valence-electron chi connectivity index (χ0n) is 9.45. The molecule has 0 unspecified atom stereocenters. The second-order valence-corrected chi connectivity index (χ2v) is 4.45. The van der Waals surface area contributed by atoms with Crippen LogP contribution in [0.4, 0.5) is 5.69 Å². The van der Waals surface area contributed by atoms with Gasteiger partial charge in [-0.2, -0.15) is 0 Å². The highest BCUT2D eigenvalue weighted by atomic mass is 16.3. The Kier molecular flexibility index (Phi) is 2.96. The summed E-state index contributed by atoms with van der Waals surface area (Å²) in [6, 6.07) is 6.21. The van der Waals surface area contributed by atoms with E-state index in [0.29, 0.717) is 0 Å². The number of anilines is 1.